The van der Waals surface area contributed by atoms with Gasteiger partial charge in [-0.25, -0.2) is 9.69 Å². The number of aryl methyl sites for hydroxylation is 1. The maximum atomic E-state index is 13.0. The molecular formula is C25H18ClIN2O4. The first kappa shape index (κ1) is 23.0. The summed E-state index contributed by atoms with van der Waals surface area (Å²) in [4.78, 5) is 39.2. The van der Waals surface area contributed by atoms with Crippen LogP contribution in [0.1, 0.15) is 21.5 Å². The Morgan fingerprint density at radius 1 is 0.939 bits per heavy atom. The third-order valence-electron chi connectivity index (χ3n) is 5.26. The van der Waals surface area contributed by atoms with Crippen LogP contribution >= 0.6 is 34.2 Å². The Hall–Kier alpha value is -3.17. The van der Waals surface area contributed by atoms with Crippen molar-refractivity contribution in [3.05, 3.63) is 97.7 Å². The number of amides is 2. The smallest absolute Gasteiger partial charge is 0.343 e. The van der Waals surface area contributed by atoms with Crippen LogP contribution in [0.25, 0.3) is 0 Å². The van der Waals surface area contributed by atoms with Crippen molar-refractivity contribution in [2.45, 2.75) is 13.8 Å². The predicted molar refractivity (Wildman–Crippen MR) is 135 cm³/mol. The van der Waals surface area contributed by atoms with Gasteiger partial charge >= 0.3 is 5.97 Å². The van der Waals surface area contributed by atoms with Crippen LogP contribution in [-0.4, -0.2) is 17.8 Å². The molecule has 1 N–H and O–H groups in total. The number of esters is 1. The van der Waals surface area contributed by atoms with Crippen LogP contribution in [0.2, 0.25) is 0 Å². The van der Waals surface area contributed by atoms with Gasteiger partial charge in [-0.05, 0) is 102 Å². The number of benzene rings is 3. The Kier molecular flexibility index (Phi) is 6.53. The Morgan fingerprint density at radius 3 is 2.27 bits per heavy atom. The summed E-state index contributed by atoms with van der Waals surface area (Å²) in [5, 5.41) is 2.72. The average Bonchev–Trinajstić information content (AvgIpc) is 3.01. The van der Waals surface area contributed by atoms with E-state index >= 15 is 0 Å². The van der Waals surface area contributed by atoms with Crippen molar-refractivity contribution >= 4 is 63.4 Å². The number of rotatable bonds is 5. The highest BCUT2D eigenvalue weighted by atomic mass is 127. The minimum Gasteiger partial charge on any atom is -0.423 e. The van der Waals surface area contributed by atoms with Gasteiger partial charge in [-0.3, -0.25) is 9.59 Å². The average molecular weight is 573 g/mol. The summed E-state index contributed by atoms with van der Waals surface area (Å²) in [6, 6.07) is 18.9. The van der Waals surface area contributed by atoms with E-state index in [0.717, 1.165) is 19.6 Å². The van der Waals surface area contributed by atoms with E-state index in [4.69, 9.17) is 16.3 Å². The fourth-order valence-electron chi connectivity index (χ4n) is 3.31. The zero-order chi connectivity index (χ0) is 23.7. The number of halogens is 2. The number of imide groups is 1. The molecule has 0 unspecified atom stereocenters. The molecule has 3 aromatic carbocycles. The Balaban J connectivity index is 1.50. The van der Waals surface area contributed by atoms with E-state index in [0.29, 0.717) is 22.7 Å². The van der Waals surface area contributed by atoms with Crippen LogP contribution in [0.15, 0.2) is 77.5 Å². The van der Waals surface area contributed by atoms with Gasteiger partial charge in [0.15, 0.2) is 0 Å². The lowest BCUT2D eigenvalue weighted by atomic mass is 10.1. The normalized spacial score (nSPS) is 13.5. The van der Waals surface area contributed by atoms with E-state index in [1.54, 1.807) is 48.5 Å². The van der Waals surface area contributed by atoms with Crippen LogP contribution < -0.4 is 15.0 Å². The second kappa shape index (κ2) is 9.36. The Morgan fingerprint density at radius 2 is 1.61 bits per heavy atom. The highest BCUT2D eigenvalue weighted by Crippen LogP contribution is 2.33. The third-order valence-corrected chi connectivity index (χ3v) is 6.33. The molecule has 3 aromatic rings. The highest BCUT2D eigenvalue weighted by molar-refractivity contribution is 14.1. The first-order chi connectivity index (χ1) is 15.8. The summed E-state index contributed by atoms with van der Waals surface area (Å²) < 4.78 is 6.40. The molecule has 0 aliphatic carbocycles. The van der Waals surface area contributed by atoms with Crippen molar-refractivity contribution in [1.29, 1.82) is 0 Å². The second-order valence-electron chi connectivity index (χ2n) is 7.40. The molecule has 8 heteroatoms. The topological polar surface area (TPSA) is 75.7 Å². The van der Waals surface area contributed by atoms with Crippen LogP contribution in [0.3, 0.4) is 0 Å². The van der Waals surface area contributed by atoms with Gasteiger partial charge in [0.1, 0.15) is 16.5 Å². The Bertz CT molecular complexity index is 1300. The molecule has 0 spiro atoms. The van der Waals surface area contributed by atoms with Crippen LogP contribution in [0.4, 0.5) is 11.4 Å². The molecule has 0 fully saturated rings. The molecule has 0 atom stereocenters. The van der Waals surface area contributed by atoms with Crippen LogP contribution in [0, 0.1) is 17.4 Å². The lowest BCUT2D eigenvalue weighted by molar-refractivity contribution is -0.120. The van der Waals surface area contributed by atoms with E-state index < -0.39 is 17.8 Å². The summed E-state index contributed by atoms with van der Waals surface area (Å²) >= 11 is 8.39. The summed E-state index contributed by atoms with van der Waals surface area (Å²) in [6.45, 7) is 3.75. The van der Waals surface area contributed by atoms with Gasteiger partial charge in [0.05, 0.1) is 11.3 Å². The van der Waals surface area contributed by atoms with Crippen molar-refractivity contribution in [3.63, 3.8) is 0 Å². The summed E-state index contributed by atoms with van der Waals surface area (Å²) in [7, 11) is 0. The van der Waals surface area contributed by atoms with E-state index in [2.05, 4.69) is 27.9 Å². The SMILES string of the molecule is Cc1cccc(N2C(=O)C(Cl)=C(Nc3ccc(C(=O)Oc4ccc(I)cc4)cc3)C2=O)c1C. The zero-order valence-electron chi connectivity index (χ0n) is 17.7. The Labute approximate surface area is 209 Å². The molecular weight excluding hydrogens is 555 g/mol. The van der Waals surface area contributed by atoms with E-state index in [9.17, 15) is 14.4 Å². The maximum Gasteiger partial charge on any atom is 0.343 e. The number of anilines is 2. The van der Waals surface area contributed by atoms with Crippen molar-refractivity contribution in [3.8, 4) is 5.75 Å². The second-order valence-corrected chi connectivity index (χ2v) is 9.02. The molecule has 0 bridgehead atoms. The molecule has 1 aliphatic rings. The fraction of sp³-hybridized carbons (Fsp3) is 0.0800. The first-order valence-electron chi connectivity index (χ1n) is 9.96. The minimum atomic E-state index is -0.587. The van der Waals surface area contributed by atoms with Gasteiger partial charge in [0.25, 0.3) is 11.8 Å². The fourth-order valence-corrected chi connectivity index (χ4v) is 3.88. The molecule has 0 saturated carbocycles. The van der Waals surface area contributed by atoms with Crippen molar-refractivity contribution < 1.29 is 19.1 Å². The van der Waals surface area contributed by atoms with Gasteiger partial charge in [-0.1, -0.05) is 23.7 Å². The van der Waals surface area contributed by atoms with Gasteiger partial charge in [-0.2, -0.15) is 0 Å². The summed E-state index contributed by atoms with van der Waals surface area (Å²) in [5.74, 6) is -1.19. The van der Waals surface area contributed by atoms with Gasteiger partial charge in [0.2, 0.25) is 0 Å². The van der Waals surface area contributed by atoms with E-state index in [1.807, 2.05) is 32.0 Å². The minimum absolute atomic E-state index is 0.0169. The summed E-state index contributed by atoms with van der Waals surface area (Å²) in [5.41, 5.74) is 3.09. The molecule has 166 valence electrons. The number of hydrogen-bond acceptors (Lipinski definition) is 5. The monoisotopic (exact) mass is 572 g/mol. The highest BCUT2D eigenvalue weighted by Gasteiger charge is 2.39. The lowest BCUT2D eigenvalue weighted by Gasteiger charge is -2.18. The summed E-state index contributed by atoms with van der Waals surface area (Å²) in [6.07, 6.45) is 0. The standard InChI is InChI=1S/C25H18ClIN2O4/c1-14-4-3-5-20(15(14)2)29-23(30)21(26)22(24(29)31)28-18-10-6-16(7-11-18)25(32)33-19-12-8-17(27)9-13-19/h3-13,28H,1-2H3. The molecule has 2 amide bonds. The number of hydrogen-bond donors (Lipinski definition) is 1. The number of nitrogens with zero attached hydrogens (tertiary/aromatic N) is 1. The maximum absolute atomic E-state index is 13.0. The number of ether oxygens (including phenoxy) is 1. The van der Waals surface area contributed by atoms with Crippen molar-refractivity contribution in [2.75, 3.05) is 10.2 Å². The molecule has 33 heavy (non-hydrogen) atoms. The number of carbonyl (C=O) groups is 3. The van der Waals surface area contributed by atoms with Crippen LogP contribution in [-0.2, 0) is 9.59 Å². The molecule has 0 radical (unpaired) electrons. The lowest BCUT2D eigenvalue weighted by Crippen LogP contribution is -2.33. The molecule has 1 heterocycles. The van der Waals surface area contributed by atoms with E-state index in [1.165, 1.54) is 0 Å². The predicted octanol–water partition coefficient (Wildman–Crippen LogP) is 5.56. The van der Waals surface area contributed by atoms with Crippen molar-refractivity contribution in [2.24, 2.45) is 0 Å². The largest absolute Gasteiger partial charge is 0.423 e. The number of carbonyl (C=O) groups excluding carboxylic acids is 3. The number of nitrogens with one attached hydrogen (secondary N) is 1. The van der Waals surface area contributed by atoms with Gasteiger partial charge in [0, 0.05) is 9.26 Å². The quantitative estimate of drug-likeness (QED) is 0.187. The van der Waals surface area contributed by atoms with E-state index in [-0.39, 0.29) is 10.7 Å². The molecule has 0 aromatic heterocycles. The van der Waals surface area contributed by atoms with Gasteiger partial charge in [-0.15, -0.1) is 0 Å². The van der Waals surface area contributed by atoms with Crippen molar-refractivity contribution in [1.82, 2.24) is 0 Å². The first-order valence-corrected chi connectivity index (χ1v) is 11.4. The zero-order valence-corrected chi connectivity index (χ0v) is 20.6. The molecule has 4 rings (SSSR count). The third kappa shape index (κ3) is 4.65. The molecule has 0 saturated heterocycles. The van der Waals surface area contributed by atoms with Gasteiger partial charge < -0.3 is 10.1 Å². The molecule has 6 nitrogen and oxygen atoms in total. The van der Waals surface area contributed by atoms with Crippen LogP contribution in [0.5, 0.6) is 5.75 Å². The molecule has 1 aliphatic heterocycles.